The molecule has 0 spiro atoms. The van der Waals surface area contributed by atoms with Gasteiger partial charge in [0.05, 0.1) is 0 Å². The summed E-state index contributed by atoms with van der Waals surface area (Å²) < 4.78 is 5.68. The molecule has 0 aromatic carbocycles. The molecule has 0 aromatic rings. The molecular weight excluding hydrogens is 160 g/mol. The van der Waals surface area contributed by atoms with Gasteiger partial charge < -0.3 is 4.74 Å². The van der Waals surface area contributed by atoms with Crippen LogP contribution < -0.4 is 0 Å². The Labute approximate surface area is 81.2 Å². The Hall–Kier alpha value is -0.300. The van der Waals surface area contributed by atoms with Crippen LogP contribution in [0.25, 0.3) is 0 Å². The van der Waals surface area contributed by atoms with Crippen LogP contribution >= 0.6 is 0 Å². The lowest BCUT2D eigenvalue weighted by atomic mass is 9.95. The van der Waals surface area contributed by atoms with Crippen molar-refractivity contribution in [1.82, 2.24) is 0 Å². The van der Waals surface area contributed by atoms with Gasteiger partial charge in [0, 0.05) is 13.2 Å². The first-order chi connectivity index (χ1) is 6.40. The molecular formula is C12H20O. The number of fused-ring (bicyclic) bond motifs is 2. The second-order valence-corrected chi connectivity index (χ2v) is 4.47. The molecule has 3 unspecified atom stereocenters. The molecule has 2 rings (SSSR count). The maximum absolute atomic E-state index is 5.68. The second kappa shape index (κ2) is 4.28. The molecule has 1 heteroatoms. The maximum atomic E-state index is 5.68. The zero-order chi connectivity index (χ0) is 9.10. The van der Waals surface area contributed by atoms with E-state index in [2.05, 4.69) is 19.1 Å². The Bertz CT molecular complexity index is 186. The standard InChI is InChI=1S/C12H20O/c1-2-3-6-13-9-12-8-10-4-5-11(12)7-10/h4-5,10-12H,2-3,6-9H2,1H3. The third-order valence-corrected chi connectivity index (χ3v) is 3.39. The number of hydrogen-bond donors (Lipinski definition) is 0. The fraction of sp³-hybridized carbons (Fsp3) is 0.833. The van der Waals surface area contributed by atoms with Crippen LogP contribution in [-0.4, -0.2) is 13.2 Å². The van der Waals surface area contributed by atoms with Gasteiger partial charge in [-0.25, -0.2) is 0 Å². The Morgan fingerprint density at radius 2 is 2.23 bits per heavy atom. The van der Waals surface area contributed by atoms with Crippen molar-refractivity contribution in [3.63, 3.8) is 0 Å². The molecule has 1 nitrogen and oxygen atoms in total. The van der Waals surface area contributed by atoms with Crippen LogP contribution in [0, 0.1) is 17.8 Å². The SMILES string of the molecule is CCCCOCC1CC2C=CC1C2. The van der Waals surface area contributed by atoms with Gasteiger partial charge in [-0.3, -0.25) is 0 Å². The van der Waals surface area contributed by atoms with E-state index in [4.69, 9.17) is 4.74 Å². The van der Waals surface area contributed by atoms with Gasteiger partial charge >= 0.3 is 0 Å². The Kier molecular flexibility index (Phi) is 3.05. The molecule has 1 fully saturated rings. The highest BCUT2D eigenvalue weighted by atomic mass is 16.5. The summed E-state index contributed by atoms with van der Waals surface area (Å²) in [4.78, 5) is 0. The number of unbranched alkanes of at least 4 members (excludes halogenated alkanes) is 1. The van der Waals surface area contributed by atoms with Crippen molar-refractivity contribution in [1.29, 1.82) is 0 Å². The fourth-order valence-electron chi connectivity index (χ4n) is 2.57. The molecule has 0 heterocycles. The molecule has 2 aliphatic carbocycles. The minimum Gasteiger partial charge on any atom is -0.381 e. The highest BCUT2D eigenvalue weighted by Crippen LogP contribution is 2.43. The molecule has 2 bridgehead atoms. The van der Waals surface area contributed by atoms with E-state index in [1.807, 2.05) is 0 Å². The summed E-state index contributed by atoms with van der Waals surface area (Å²) in [5.41, 5.74) is 0. The summed E-state index contributed by atoms with van der Waals surface area (Å²) in [6.45, 7) is 4.18. The van der Waals surface area contributed by atoms with E-state index in [-0.39, 0.29) is 0 Å². The van der Waals surface area contributed by atoms with Crippen molar-refractivity contribution in [3.05, 3.63) is 12.2 Å². The van der Waals surface area contributed by atoms with Crippen molar-refractivity contribution >= 4 is 0 Å². The molecule has 74 valence electrons. The topological polar surface area (TPSA) is 9.23 Å². The van der Waals surface area contributed by atoms with Crippen LogP contribution in [0.1, 0.15) is 32.6 Å². The second-order valence-electron chi connectivity index (χ2n) is 4.47. The van der Waals surface area contributed by atoms with Gasteiger partial charge in [-0.2, -0.15) is 0 Å². The van der Waals surface area contributed by atoms with Crippen LogP contribution in [0.4, 0.5) is 0 Å². The van der Waals surface area contributed by atoms with E-state index in [0.717, 1.165) is 31.0 Å². The molecule has 0 N–H and O–H groups in total. The van der Waals surface area contributed by atoms with Crippen molar-refractivity contribution in [3.8, 4) is 0 Å². The van der Waals surface area contributed by atoms with Gasteiger partial charge in [0.1, 0.15) is 0 Å². The van der Waals surface area contributed by atoms with Gasteiger partial charge in [-0.15, -0.1) is 0 Å². The van der Waals surface area contributed by atoms with Crippen molar-refractivity contribution < 1.29 is 4.74 Å². The number of rotatable bonds is 5. The molecule has 3 atom stereocenters. The number of allylic oxidation sites excluding steroid dienone is 2. The zero-order valence-corrected chi connectivity index (χ0v) is 8.54. The molecule has 0 aliphatic heterocycles. The third kappa shape index (κ3) is 2.14. The average Bonchev–Trinajstić information content (AvgIpc) is 2.73. The van der Waals surface area contributed by atoms with E-state index in [1.54, 1.807) is 0 Å². The molecule has 0 amide bonds. The first kappa shape index (κ1) is 9.26. The van der Waals surface area contributed by atoms with E-state index in [0.29, 0.717) is 0 Å². The van der Waals surface area contributed by atoms with Gasteiger partial charge in [0.2, 0.25) is 0 Å². The van der Waals surface area contributed by atoms with Crippen LogP contribution in [0.5, 0.6) is 0 Å². The van der Waals surface area contributed by atoms with Crippen LogP contribution in [-0.2, 0) is 4.74 Å². The maximum Gasteiger partial charge on any atom is 0.0500 e. The van der Waals surface area contributed by atoms with Crippen LogP contribution in [0.3, 0.4) is 0 Å². The quantitative estimate of drug-likeness (QED) is 0.467. The van der Waals surface area contributed by atoms with Gasteiger partial charge in [0.15, 0.2) is 0 Å². The highest BCUT2D eigenvalue weighted by Gasteiger charge is 2.35. The Balaban J connectivity index is 1.64. The molecule has 2 aliphatic rings. The lowest BCUT2D eigenvalue weighted by Crippen LogP contribution is -2.14. The van der Waals surface area contributed by atoms with Gasteiger partial charge in [-0.1, -0.05) is 25.5 Å². The van der Waals surface area contributed by atoms with Gasteiger partial charge in [0.25, 0.3) is 0 Å². The molecule has 0 aromatic heterocycles. The zero-order valence-electron chi connectivity index (χ0n) is 8.54. The van der Waals surface area contributed by atoms with E-state index < -0.39 is 0 Å². The Morgan fingerprint density at radius 1 is 1.31 bits per heavy atom. The van der Waals surface area contributed by atoms with Crippen molar-refractivity contribution in [2.45, 2.75) is 32.6 Å². The minimum absolute atomic E-state index is 0.840. The first-order valence-electron chi connectivity index (χ1n) is 5.66. The van der Waals surface area contributed by atoms with E-state index in [1.165, 1.54) is 25.7 Å². The normalized spacial score (nSPS) is 35.9. The average molecular weight is 180 g/mol. The lowest BCUT2D eigenvalue weighted by molar-refractivity contribution is 0.0886. The predicted molar refractivity (Wildman–Crippen MR) is 54.6 cm³/mol. The highest BCUT2D eigenvalue weighted by molar-refractivity contribution is 5.09. The summed E-state index contributed by atoms with van der Waals surface area (Å²) in [7, 11) is 0. The smallest absolute Gasteiger partial charge is 0.0500 e. The summed E-state index contributed by atoms with van der Waals surface area (Å²) >= 11 is 0. The van der Waals surface area contributed by atoms with Crippen LogP contribution in [0.15, 0.2) is 12.2 Å². The van der Waals surface area contributed by atoms with E-state index >= 15 is 0 Å². The minimum atomic E-state index is 0.840. The third-order valence-electron chi connectivity index (χ3n) is 3.39. The predicted octanol–water partition coefficient (Wildman–Crippen LogP) is 3.02. The molecule has 0 saturated heterocycles. The fourth-order valence-corrected chi connectivity index (χ4v) is 2.57. The number of hydrogen-bond acceptors (Lipinski definition) is 1. The van der Waals surface area contributed by atoms with E-state index in [9.17, 15) is 0 Å². The first-order valence-corrected chi connectivity index (χ1v) is 5.66. The summed E-state index contributed by atoms with van der Waals surface area (Å²) in [6, 6.07) is 0. The Morgan fingerprint density at radius 3 is 2.85 bits per heavy atom. The van der Waals surface area contributed by atoms with Gasteiger partial charge in [-0.05, 0) is 37.0 Å². The lowest BCUT2D eigenvalue weighted by Gasteiger charge is -2.17. The monoisotopic (exact) mass is 180 g/mol. The molecule has 13 heavy (non-hydrogen) atoms. The van der Waals surface area contributed by atoms with Crippen molar-refractivity contribution in [2.24, 2.45) is 17.8 Å². The van der Waals surface area contributed by atoms with Crippen LogP contribution in [0.2, 0.25) is 0 Å². The summed E-state index contributed by atoms with van der Waals surface area (Å²) in [6.07, 6.45) is 10.1. The summed E-state index contributed by atoms with van der Waals surface area (Å²) in [5, 5.41) is 0. The number of ether oxygens (including phenoxy) is 1. The molecule has 0 radical (unpaired) electrons. The summed E-state index contributed by atoms with van der Waals surface area (Å²) in [5.74, 6) is 2.59. The van der Waals surface area contributed by atoms with Crippen molar-refractivity contribution in [2.75, 3.05) is 13.2 Å². The molecule has 1 saturated carbocycles. The largest absolute Gasteiger partial charge is 0.381 e.